The summed E-state index contributed by atoms with van der Waals surface area (Å²) < 4.78 is 10.8. The highest BCUT2D eigenvalue weighted by Gasteiger charge is 2.19. The van der Waals surface area contributed by atoms with Gasteiger partial charge in [-0.05, 0) is 108 Å². The summed E-state index contributed by atoms with van der Waals surface area (Å²) in [5, 5.41) is 10.6. The van der Waals surface area contributed by atoms with E-state index in [4.69, 9.17) is 38.0 Å². The van der Waals surface area contributed by atoms with Crippen LogP contribution in [0, 0.1) is 3.57 Å². The third-order valence-corrected chi connectivity index (χ3v) is 19.1. The number of imidazole rings is 2. The van der Waals surface area contributed by atoms with Crippen molar-refractivity contribution in [3.05, 3.63) is 245 Å². The van der Waals surface area contributed by atoms with Crippen molar-refractivity contribution in [1.29, 1.82) is 0 Å². The maximum atomic E-state index is 10.9. The lowest BCUT2D eigenvalue weighted by Crippen LogP contribution is -1.93. The van der Waals surface area contributed by atoms with Crippen molar-refractivity contribution < 1.29 is 4.79 Å². The minimum Gasteiger partial charge on any atom is -0.397 e. The van der Waals surface area contributed by atoms with E-state index in [1.165, 1.54) is 66.8 Å². The molecule has 0 bridgehead atoms. The molecule has 0 radical (unpaired) electrons. The Morgan fingerprint density at radius 3 is 1.67 bits per heavy atom. The van der Waals surface area contributed by atoms with Gasteiger partial charge >= 0.3 is 0 Å². The highest BCUT2D eigenvalue weighted by atomic mass is 127. The minimum absolute atomic E-state index is 0.577. The van der Waals surface area contributed by atoms with Gasteiger partial charge < -0.3 is 16.5 Å². The van der Waals surface area contributed by atoms with Crippen LogP contribution in [0.4, 0.5) is 11.4 Å². The number of aldehydes is 1. The van der Waals surface area contributed by atoms with Crippen LogP contribution in [0.5, 0.6) is 0 Å². The number of aromatic amines is 1. The van der Waals surface area contributed by atoms with Crippen molar-refractivity contribution in [2.24, 2.45) is 0 Å². The lowest BCUT2D eigenvalue weighted by Gasteiger charge is -2.09. The normalized spacial score (nSPS) is 11.2. The van der Waals surface area contributed by atoms with Crippen molar-refractivity contribution >= 4 is 196 Å². The zero-order valence-corrected chi connectivity index (χ0v) is 48.2. The standard InChI is InChI=1S/C24H13N3S.C19H12N2S.C13H8OS.C6H8N2.C5H3ClIN/c1-4-10-20-14(6-1)15-11-12-16-21(23(15)28-20)24-26-17-7-2-3-8-18(17)27(24)19-9-5-13-25-22(16)19;1-4-11-17-12(6-1)13-7-5-8-14(18(13)22-17)19-20-15-9-2-3-10-16(15)21-19;14-8-9-4-3-6-11-10-5-1-2-7-12(10)15-13(9)11;7-5-3-1-2-4-6(5)8;6-5-4(7)2-1-3-8-5/h1-13H;1-11H,(H,20,21);1-8H;1-4H,7-8H2;1-3H. The van der Waals surface area contributed by atoms with Crippen molar-refractivity contribution in [3.8, 4) is 11.4 Å². The molecule has 390 valence electrons. The number of carbonyl (C=O) groups excluding carboxylic acids is 1. The molecule has 0 unspecified atom stereocenters. The molecule has 9 nitrogen and oxygen atoms in total. The van der Waals surface area contributed by atoms with E-state index in [-0.39, 0.29) is 0 Å². The van der Waals surface area contributed by atoms with Crippen LogP contribution in [-0.4, -0.2) is 35.6 Å². The van der Waals surface area contributed by atoms with Crippen LogP contribution in [0.2, 0.25) is 5.15 Å². The van der Waals surface area contributed by atoms with Crippen molar-refractivity contribution in [2.45, 2.75) is 0 Å². The van der Waals surface area contributed by atoms with Crippen molar-refractivity contribution in [1.82, 2.24) is 29.3 Å². The number of pyridine rings is 3. The highest BCUT2D eigenvalue weighted by Crippen LogP contribution is 2.43. The Labute approximate surface area is 493 Å². The van der Waals surface area contributed by atoms with E-state index < -0.39 is 0 Å². The van der Waals surface area contributed by atoms with E-state index in [2.05, 4.69) is 164 Å². The molecule has 0 fully saturated rings. The second-order valence-electron chi connectivity index (χ2n) is 18.8. The Morgan fingerprint density at radius 2 is 1.01 bits per heavy atom. The number of hydrogen-bond acceptors (Lipinski definition) is 10. The molecule has 0 saturated carbocycles. The van der Waals surface area contributed by atoms with Crippen LogP contribution in [0.3, 0.4) is 0 Å². The van der Waals surface area contributed by atoms with E-state index in [0.717, 1.165) is 70.1 Å². The number of anilines is 2. The molecule has 81 heavy (non-hydrogen) atoms. The van der Waals surface area contributed by atoms with Crippen LogP contribution in [-0.2, 0) is 0 Å². The largest absolute Gasteiger partial charge is 0.397 e. The summed E-state index contributed by atoms with van der Waals surface area (Å²) in [6.07, 6.45) is 4.48. The summed E-state index contributed by atoms with van der Waals surface area (Å²) in [7, 11) is 0. The van der Waals surface area contributed by atoms with Gasteiger partial charge in [0.15, 0.2) is 6.29 Å². The number of aromatic nitrogens is 6. The summed E-state index contributed by atoms with van der Waals surface area (Å²) in [5.74, 6) is 0.943. The van der Waals surface area contributed by atoms with E-state index >= 15 is 0 Å². The molecule has 17 rings (SSSR count). The Balaban J connectivity index is 0.000000104. The lowest BCUT2D eigenvalue weighted by molar-refractivity contribution is 0.112. The van der Waals surface area contributed by atoms with Crippen LogP contribution in [0.25, 0.3) is 121 Å². The first-order chi connectivity index (χ1) is 39.8. The predicted octanol–water partition coefficient (Wildman–Crippen LogP) is 19.2. The van der Waals surface area contributed by atoms with Gasteiger partial charge in [-0.3, -0.25) is 14.2 Å². The van der Waals surface area contributed by atoms with Gasteiger partial charge in [0.05, 0.1) is 48.0 Å². The minimum atomic E-state index is 0.577. The molecule has 14 heteroatoms. The van der Waals surface area contributed by atoms with Crippen LogP contribution >= 0.6 is 68.2 Å². The third kappa shape index (κ3) is 9.82. The molecule has 0 spiro atoms. The number of thiophene rings is 3. The molecule has 0 aliphatic carbocycles. The number of nitrogens with two attached hydrogens (primary N) is 2. The number of nitrogen functional groups attached to an aromatic ring is 2. The van der Waals surface area contributed by atoms with Crippen molar-refractivity contribution in [2.75, 3.05) is 11.5 Å². The molecule has 0 amide bonds. The van der Waals surface area contributed by atoms with Crippen LogP contribution < -0.4 is 11.5 Å². The Bertz CT molecular complexity index is 5080. The second-order valence-corrected chi connectivity index (χ2v) is 23.5. The number of hydrogen-bond donors (Lipinski definition) is 3. The zero-order valence-electron chi connectivity index (χ0n) is 42.8. The summed E-state index contributed by atoms with van der Waals surface area (Å²) in [6, 6.07) is 73.9. The number of halogens is 2. The molecule has 0 saturated heterocycles. The van der Waals surface area contributed by atoms with Gasteiger partial charge in [0.25, 0.3) is 0 Å². The molecular weight excluding hydrogens is 1190 g/mol. The number of para-hydroxylation sites is 6. The molecule has 17 aromatic rings. The van der Waals surface area contributed by atoms with Gasteiger partial charge in [0.2, 0.25) is 0 Å². The molecule has 0 aliphatic rings. The lowest BCUT2D eigenvalue weighted by atomic mass is 10.1. The highest BCUT2D eigenvalue weighted by molar-refractivity contribution is 14.1. The van der Waals surface area contributed by atoms with Gasteiger partial charge in [0.1, 0.15) is 16.6 Å². The smallest absolute Gasteiger partial charge is 0.151 e. The van der Waals surface area contributed by atoms with Crippen molar-refractivity contribution in [3.63, 3.8) is 0 Å². The van der Waals surface area contributed by atoms with Gasteiger partial charge in [-0.15, -0.1) is 34.0 Å². The summed E-state index contributed by atoms with van der Waals surface area (Å²) in [5.41, 5.74) is 21.4. The number of nitrogens with zero attached hydrogens (tertiary/aromatic N) is 5. The first-order valence-electron chi connectivity index (χ1n) is 25.8. The predicted molar refractivity (Wildman–Crippen MR) is 355 cm³/mol. The van der Waals surface area contributed by atoms with Crippen LogP contribution in [0.1, 0.15) is 10.4 Å². The molecule has 0 aliphatic heterocycles. The average molecular weight is 1240 g/mol. The van der Waals surface area contributed by atoms with Crippen LogP contribution in [0.15, 0.2) is 231 Å². The maximum absolute atomic E-state index is 10.9. The van der Waals surface area contributed by atoms with Gasteiger partial charge in [-0.1, -0.05) is 145 Å². The first-order valence-corrected chi connectivity index (χ1v) is 29.7. The van der Waals surface area contributed by atoms with E-state index in [9.17, 15) is 4.79 Å². The number of benzene rings is 9. The Kier molecular flexibility index (Phi) is 14.2. The fourth-order valence-corrected chi connectivity index (χ4v) is 14.3. The first kappa shape index (κ1) is 51.6. The maximum Gasteiger partial charge on any atom is 0.151 e. The number of rotatable bonds is 2. The van der Waals surface area contributed by atoms with Gasteiger partial charge in [-0.25, -0.2) is 15.0 Å². The molecular formula is C67H44ClIN8OS3. The molecule has 9 aromatic carbocycles. The number of carbonyl (C=O) groups is 1. The fourth-order valence-electron chi connectivity index (χ4n) is 10.2. The van der Waals surface area contributed by atoms with Gasteiger partial charge in [-0.2, -0.15) is 0 Å². The molecule has 8 aromatic heterocycles. The quantitative estimate of drug-likeness (QED) is 0.0515. The summed E-state index contributed by atoms with van der Waals surface area (Å²) >= 11 is 13.1. The van der Waals surface area contributed by atoms with E-state index in [1.54, 1.807) is 29.7 Å². The topological polar surface area (TPSA) is 141 Å². The number of nitrogens with one attached hydrogen (secondary N) is 1. The SMILES string of the molecule is Clc1ncccc1I.Nc1ccccc1N.O=Cc1cccc2c1sc1ccccc12.c1ccc2[nH]c(-c3cccc4c3sc3ccccc34)nc2c1.c1ccc2c(c1)nc1c3c(ccc4c5ccccc5sc43)c3ncccc3n21. The second kappa shape index (κ2) is 22.4. The third-order valence-electron chi connectivity index (χ3n) is 13.9. The molecule has 8 heterocycles. The van der Waals surface area contributed by atoms with E-state index in [0.29, 0.717) is 16.5 Å². The fraction of sp³-hybridized carbons (Fsp3) is 0. The zero-order chi connectivity index (χ0) is 55.0. The van der Waals surface area contributed by atoms with E-state index in [1.807, 2.05) is 108 Å². The Hall–Kier alpha value is -8.83. The average Bonchev–Trinajstić information content (AvgIpc) is 3.89. The number of fused-ring (bicyclic) bond motifs is 19. The molecule has 5 N–H and O–H groups in total. The molecule has 0 atom stereocenters. The monoisotopic (exact) mass is 1230 g/mol. The summed E-state index contributed by atoms with van der Waals surface area (Å²) in [4.78, 5) is 32.8. The number of H-pyrrole nitrogens is 1. The van der Waals surface area contributed by atoms with Gasteiger partial charge in [0, 0.05) is 94.8 Å². The Morgan fingerprint density at radius 1 is 0.481 bits per heavy atom. The summed E-state index contributed by atoms with van der Waals surface area (Å²) in [6.45, 7) is 0.